The normalized spacial score (nSPS) is 13.9. The van der Waals surface area contributed by atoms with E-state index in [1.54, 1.807) is 0 Å². The van der Waals surface area contributed by atoms with Crippen molar-refractivity contribution >= 4 is 39.5 Å². The highest BCUT2D eigenvalue weighted by Crippen LogP contribution is 2.45. The van der Waals surface area contributed by atoms with Gasteiger partial charge in [0.1, 0.15) is 19.3 Å². The van der Waals surface area contributed by atoms with Gasteiger partial charge in [-0.15, -0.1) is 0 Å². The van der Waals surface area contributed by atoms with Crippen molar-refractivity contribution in [3.8, 4) is 0 Å². The van der Waals surface area contributed by atoms with Gasteiger partial charge in [-0.1, -0.05) is 395 Å². The number of ether oxygens (including phenoxy) is 4. The predicted octanol–water partition coefficient (Wildman–Crippen LogP) is 25.5. The molecule has 0 fully saturated rings. The third-order valence-electron chi connectivity index (χ3n) is 19.7. The van der Waals surface area contributed by atoms with Crippen LogP contribution in [0.1, 0.15) is 446 Å². The van der Waals surface area contributed by atoms with E-state index in [2.05, 4.69) is 41.5 Å². The van der Waals surface area contributed by atoms with Crippen LogP contribution in [0.25, 0.3) is 0 Å². The topological polar surface area (TPSA) is 237 Å². The summed E-state index contributed by atoms with van der Waals surface area (Å²) in [4.78, 5) is 73.1. The molecule has 103 heavy (non-hydrogen) atoms. The highest BCUT2D eigenvalue weighted by Gasteiger charge is 2.30. The fourth-order valence-corrected chi connectivity index (χ4v) is 14.6. The van der Waals surface area contributed by atoms with Crippen molar-refractivity contribution < 1.29 is 80.2 Å². The van der Waals surface area contributed by atoms with Crippen molar-refractivity contribution in [2.45, 2.75) is 464 Å². The molecule has 0 saturated carbocycles. The summed E-state index contributed by atoms with van der Waals surface area (Å²) in [6.45, 7) is 9.67. The maximum Gasteiger partial charge on any atom is 0.472 e. The van der Waals surface area contributed by atoms with Crippen molar-refractivity contribution in [2.24, 2.45) is 11.8 Å². The van der Waals surface area contributed by atoms with E-state index < -0.39 is 97.5 Å². The lowest BCUT2D eigenvalue weighted by molar-refractivity contribution is -0.161. The van der Waals surface area contributed by atoms with Gasteiger partial charge in [-0.05, 0) is 37.5 Å². The zero-order chi connectivity index (χ0) is 75.6. The Morgan fingerprint density at radius 3 is 0.660 bits per heavy atom. The lowest BCUT2D eigenvalue weighted by Gasteiger charge is -2.21. The summed E-state index contributed by atoms with van der Waals surface area (Å²) in [6, 6.07) is 0. The molecule has 19 heteroatoms. The quantitative estimate of drug-likeness (QED) is 0.0222. The number of hydrogen-bond acceptors (Lipinski definition) is 15. The summed E-state index contributed by atoms with van der Waals surface area (Å²) in [6.07, 6.45) is 66.7. The molecule has 0 radical (unpaired) electrons. The molecule has 0 heterocycles. The van der Waals surface area contributed by atoms with Gasteiger partial charge in [0.05, 0.1) is 26.4 Å². The van der Waals surface area contributed by atoms with Gasteiger partial charge in [0.2, 0.25) is 0 Å². The second-order valence-electron chi connectivity index (χ2n) is 31.2. The number of esters is 4. The first kappa shape index (κ1) is 101. The Labute approximate surface area is 632 Å². The maximum absolute atomic E-state index is 13.1. The van der Waals surface area contributed by atoms with E-state index in [-0.39, 0.29) is 25.7 Å². The smallest absolute Gasteiger partial charge is 0.462 e. The van der Waals surface area contributed by atoms with E-state index in [4.69, 9.17) is 37.0 Å². The summed E-state index contributed by atoms with van der Waals surface area (Å²) >= 11 is 0. The van der Waals surface area contributed by atoms with Gasteiger partial charge in [-0.2, -0.15) is 0 Å². The Hall–Kier alpha value is -1.94. The number of carbonyl (C=O) groups is 4. The maximum atomic E-state index is 13.1. The number of carbonyl (C=O) groups excluding carboxylic acids is 4. The summed E-state index contributed by atoms with van der Waals surface area (Å²) < 4.78 is 68.8. The van der Waals surface area contributed by atoms with Crippen molar-refractivity contribution in [1.29, 1.82) is 0 Å². The molecular formula is C84H164O17P2. The number of aliphatic hydroxyl groups is 1. The molecule has 2 unspecified atom stereocenters. The third-order valence-corrected chi connectivity index (χ3v) is 21.6. The summed E-state index contributed by atoms with van der Waals surface area (Å²) in [7, 11) is -9.92. The molecule has 0 saturated heterocycles. The van der Waals surface area contributed by atoms with E-state index >= 15 is 0 Å². The monoisotopic (exact) mass is 1510 g/mol. The van der Waals surface area contributed by atoms with Gasteiger partial charge < -0.3 is 33.8 Å². The van der Waals surface area contributed by atoms with E-state index in [0.29, 0.717) is 25.7 Å². The van der Waals surface area contributed by atoms with Gasteiger partial charge in [0.25, 0.3) is 0 Å². The molecule has 0 aromatic heterocycles. The van der Waals surface area contributed by atoms with Crippen LogP contribution in [0.15, 0.2) is 0 Å². The van der Waals surface area contributed by atoms with Gasteiger partial charge >= 0.3 is 39.5 Å². The first-order chi connectivity index (χ1) is 49.9. The zero-order valence-electron chi connectivity index (χ0n) is 67.6. The minimum atomic E-state index is -4.96. The van der Waals surface area contributed by atoms with Crippen LogP contribution in [-0.4, -0.2) is 96.7 Å². The number of hydrogen-bond donors (Lipinski definition) is 3. The molecule has 612 valence electrons. The van der Waals surface area contributed by atoms with Crippen LogP contribution in [0.2, 0.25) is 0 Å². The molecule has 0 spiro atoms. The SMILES string of the molecule is CCCCCCCCCCCCCCCCCCCCCCCCC(=O)O[C@H](COC(=O)CCCCCCCCCCCCCCCC(C)C)COP(=O)(O)OC[C@@H](O)COP(=O)(O)OC[C@@H](COC(=O)CCCCCCCCCCCC)OC(=O)CCCCCCCCCCCCCCC(C)C. The van der Waals surface area contributed by atoms with Crippen molar-refractivity contribution in [3.63, 3.8) is 0 Å². The Morgan fingerprint density at radius 1 is 0.262 bits per heavy atom. The van der Waals surface area contributed by atoms with Gasteiger partial charge in [0, 0.05) is 25.7 Å². The lowest BCUT2D eigenvalue weighted by Crippen LogP contribution is -2.30. The third kappa shape index (κ3) is 78.0. The molecule has 0 amide bonds. The van der Waals surface area contributed by atoms with Crippen molar-refractivity contribution in [2.75, 3.05) is 39.6 Å². The molecule has 0 aromatic carbocycles. The number of aliphatic hydroxyl groups excluding tert-OH is 1. The van der Waals surface area contributed by atoms with E-state index in [1.165, 1.54) is 263 Å². The van der Waals surface area contributed by atoms with E-state index in [1.807, 2.05) is 0 Å². The van der Waals surface area contributed by atoms with Gasteiger partial charge in [-0.25, -0.2) is 9.13 Å². The first-order valence-corrected chi connectivity index (χ1v) is 46.5. The van der Waals surface area contributed by atoms with Crippen LogP contribution in [-0.2, 0) is 65.4 Å². The first-order valence-electron chi connectivity index (χ1n) is 43.5. The molecular weight excluding hydrogens is 1340 g/mol. The zero-order valence-corrected chi connectivity index (χ0v) is 69.4. The summed E-state index contributed by atoms with van der Waals surface area (Å²) in [5.41, 5.74) is 0. The Kier molecular flexibility index (Phi) is 74.1. The number of phosphoric ester groups is 2. The van der Waals surface area contributed by atoms with Crippen LogP contribution in [0.4, 0.5) is 0 Å². The molecule has 0 bridgehead atoms. The largest absolute Gasteiger partial charge is 0.472 e. The summed E-state index contributed by atoms with van der Waals surface area (Å²) in [5, 5.41) is 10.7. The Bertz CT molecular complexity index is 1980. The van der Waals surface area contributed by atoms with Crippen LogP contribution in [0, 0.1) is 11.8 Å². The number of unbranched alkanes of at least 4 members (excludes halogenated alkanes) is 53. The second kappa shape index (κ2) is 75.5. The van der Waals surface area contributed by atoms with Crippen LogP contribution < -0.4 is 0 Å². The fourth-order valence-electron chi connectivity index (χ4n) is 13.1. The van der Waals surface area contributed by atoms with Crippen molar-refractivity contribution in [1.82, 2.24) is 0 Å². The van der Waals surface area contributed by atoms with Gasteiger partial charge in [-0.3, -0.25) is 37.3 Å². The minimum Gasteiger partial charge on any atom is -0.462 e. The van der Waals surface area contributed by atoms with Crippen LogP contribution in [0.5, 0.6) is 0 Å². The Morgan fingerprint density at radius 2 is 0.447 bits per heavy atom. The fraction of sp³-hybridized carbons (Fsp3) is 0.952. The predicted molar refractivity (Wildman–Crippen MR) is 423 cm³/mol. The second-order valence-corrected chi connectivity index (χ2v) is 34.1. The molecule has 0 aliphatic heterocycles. The van der Waals surface area contributed by atoms with Crippen molar-refractivity contribution in [3.05, 3.63) is 0 Å². The van der Waals surface area contributed by atoms with Gasteiger partial charge in [0.15, 0.2) is 12.2 Å². The molecule has 0 rings (SSSR count). The van der Waals surface area contributed by atoms with E-state index in [9.17, 15) is 43.2 Å². The van der Waals surface area contributed by atoms with Crippen LogP contribution in [0.3, 0.4) is 0 Å². The highest BCUT2D eigenvalue weighted by molar-refractivity contribution is 7.47. The number of phosphoric acid groups is 2. The van der Waals surface area contributed by atoms with E-state index in [0.717, 1.165) is 102 Å². The average Bonchev–Trinajstić information content (AvgIpc) is 0.939. The molecule has 5 atom stereocenters. The molecule has 0 aromatic rings. The Balaban J connectivity index is 5.21. The molecule has 0 aliphatic carbocycles. The summed E-state index contributed by atoms with van der Waals surface area (Å²) in [5.74, 6) is -0.538. The minimum absolute atomic E-state index is 0.107. The molecule has 17 nitrogen and oxygen atoms in total. The molecule has 0 aliphatic rings. The average molecular weight is 1510 g/mol. The lowest BCUT2D eigenvalue weighted by atomic mass is 10.0. The standard InChI is InChI=1S/C84H164O17P2/c1-7-9-11-13-15-17-19-20-21-22-23-24-25-26-27-28-31-38-44-50-56-62-68-83(88)101-80(73-95-82(87)67-61-55-49-43-37-32-29-30-35-40-46-52-58-64-76(3)4)75-99-103(92,93)97-71-78(85)70-96-102(90,91)98-74-79(72-94-81(86)66-60-54-48-42-18-16-14-12-10-8-2)100-84(89)69-63-57-51-45-39-34-33-36-41-47-53-59-65-77(5)6/h76-80,85H,7-75H2,1-6H3,(H,90,91)(H,92,93)/t78-,79+,80+/m0/s1. The molecule has 3 N–H and O–H groups in total. The number of rotatable bonds is 83. The van der Waals surface area contributed by atoms with Crippen LogP contribution >= 0.6 is 15.6 Å². The highest BCUT2D eigenvalue weighted by atomic mass is 31.2.